The SMILES string of the molecule is C=CC1CCN(/C(=C(\C)C(N)=O)C(CC)N(C)C)C1=O. The fourth-order valence-corrected chi connectivity index (χ4v) is 2.72. The third kappa shape index (κ3) is 3.10. The first-order valence-electron chi connectivity index (χ1n) is 6.96. The summed E-state index contributed by atoms with van der Waals surface area (Å²) in [5.74, 6) is -0.628. The Balaban J connectivity index is 3.26. The highest BCUT2D eigenvalue weighted by molar-refractivity contribution is 5.94. The fraction of sp³-hybridized carbons (Fsp3) is 0.600. The lowest BCUT2D eigenvalue weighted by atomic mass is 10.0. The molecule has 2 N–H and O–H groups in total. The van der Waals surface area contributed by atoms with Crippen LogP contribution in [-0.4, -0.2) is 48.3 Å². The van der Waals surface area contributed by atoms with Gasteiger partial charge in [-0.25, -0.2) is 0 Å². The molecule has 0 spiro atoms. The van der Waals surface area contributed by atoms with Crippen LogP contribution in [0.25, 0.3) is 0 Å². The van der Waals surface area contributed by atoms with Gasteiger partial charge in [0.15, 0.2) is 0 Å². The van der Waals surface area contributed by atoms with Crippen LogP contribution in [-0.2, 0) is 9.59 Å². The molecule has 1 rings (SSSR count). The van der Waals surface area contributed by atoms with Crippen molar-refractivity contribution in [2.75, 3.05) is 20.6 Å². The molecule has 1 heterocycles. The zero-order valence-electron chi connectivity index (χ0n) is 12.8. The Morgan fingerprint density at radius 1 is 1.60 bits per heavy atom. The first-order valence-corrected chi connectivity index (χ1v) is 6.96. The van der Waals surface area contributed by atoms with Gasteiger partial charge in [-0.05, 0) is 33.9 Å². The van der Waals surface area contributed by atoms with Crippen LogP contribution in [0.1, 0.15) is 26.7 Å². The smallest absolute Gasteiger partial charge is 0.246 e. The predicted molar refractivity (Wildman–Crippen MR) is 79.7 cm³/mol. The molecule has 2 amide bonds. The molecule has 0 radical (unpaired) electrons. The van der Waals surface area contributed by atoms with E-state index in [0.29, 0.717) is 12.1 Å². The Morgan fingerprint density at radius 3 is 2.55 bits per heavy atom. The molecule has 0 aliphatic carbocycles. The predicted octanol–water partition coefficient (Wildman–Crippen LogP) is 1.12. The monoisotopic (exact) mass is 279 g/mol. The van der Waals surface area contributed by atoms with E-state index in [2.05, 4.69) is 6.58 Å². The van der Waals surface area contributed by atoms with Gasteiger partial charge in [0.05, 0.1) is 5.92 Å². The number of primary amides is 1. The Hall–Kier alpha value is -1.62. The summed E-state index contributed by atoms with van der Waals surface area (Å²) in [4.78, 5) is 27.7. The summed E-state index contributed by atoms with van der Waals surface area (Å²) < 4.78 is 0. The van der Waals surface area contributed by atoms with Crippen LogP contribution in [0.2, 0.25) is 0 Å². The summed E-state index contributed by atoms with van der Waals surface area (Å²) >= 11 is 0. The average Bonchev–Trinajstić information content (AvgIpc) is 2.75. The number of rotatable bonds is 6. The number of carbonyl (C=O) groups excluding carboxylic acids is 2. The van der Waals surface area contributed by atoms with Gasteiger partial charge in [-0.2, -0.15) is 0 Å². The minimum atomic E-state index is -0.477. The Bertz CT molecular complexity index is 440. The van der Waals surface area contributed by atoms with Crippen molar-refractivity contribution in [1.29, 1.82) is 0 Å². The lowest BCUT2D eigenvalue weighted by Gasteiger charge is -2.33. The fourth-order valence-electron chi connectivity index (χ4n) is 2.72. The maximum atomic E-state index is 12.4. The van der Waals surface area contributed by atoms with Crippen LogP contribution in [0.3, 0.4) is 0 Å². The summed E-state index contributed by atoms with van der Waals surface area (Å²) in [6.45, 7) is 8.04. The first kappa shape index (κ1) is 16.4. The number of hydrogen-bond acceptors (Lipinski definition) is 3. The second-order valence-electron chi connectivity index (χ2n) is 5.38. The minimum Gasteiger partial charge on any atom is -0.366 e. The van der Waals surface area contributed by atoms with Crippen molar-refractivity contribution in [2.45, 2.75) is 32.7 Å². The summed E-state index contributed by atoms with van der Waals surface area (Å²) in [7, 11) is 3.88. The van der Waals surface area contributed by atoms with Gasteiger partial charge in [0.2, 0.25) is 11.8 Å². The van der Waals surface area contributed by atoms with Crippen LogP contribution >= 0.6 is 0 Å². The molecule has 5 nitrogen and oxygen atoms in total. The molecule has 0 aromatic heterocycles. The molecule has 1 aliphatic heterocycles. The molecule has 0 aromatic rings. The van der Waals surface area contributed by atoms with Gasteiger partial charge in [-0.3, -0.25) is 9.59 Å². The van der Waals surface area contributed by atoms with Gasteiger partial charge in [-0.15, -0.1) is 6.58 Å². The molecule has 0 bridgehead atoms. The second-order valence-corrected chi connectivity index (χ2v) is 5.38. The highest BCUT2D eigenvalue weighted by Gasteiger charge is 2.36. The molecule has 20 heavy (non-hydrogen) atoms. The Morgan fingerprint density at radius 2 is 2.20 bits per heavy atom. The summed E-state index contributed by atoms with van der Waals surface area (Å²) in [6, 6.07) is -0.00462. The number of nitrogens with zero attached hydrogens (tertiary/aromatic N) is 2. The van der Waals surface area contributed by atoms with Crippen LogP contribution in [0.15, 0.2) is 23.9 Å². The van der Waals surface area contributed by atoms with Gasteiger partial charge in [-0.1, -0.05) is 13.0 Å². The third-order valence-electron chi connectivity index (χ3n) is 3.90. The van der Waals surface area contributed by atoms with Crippen molar-refractivity contribution < 1.29 is 9.59 Å². The van der Waals surface area contributed by atoms with Crippen molar-refractivity contribution in [2.24, 2.45) is 11.7 Å². The largest absolute Gasteiger partial charge is 0.366 e. The minimum absolute atomic E-state index is 0.00462. The van der Waals surface area contributed by atoms with E-state index in [4.69, 9.17) is 5.73 Å². The average molecular weight is 279 g/mol. The summed E-state index contributed by atoms with van der Waals surface area (Å²) in [5.41, 5.74) is 6.63. The molecule has 1 saturated heterocycles. The van der Waals surface area contributed by atoms with Gasteiger partial charge in [0, 0.05) is 23.9 Å². The zero-order valence-corrected chi connectivity index (χ0v) is 12.8. The maximum absolute atomic E-state index is 12.4. The molecule has 2 atom stereocenters. The van der Waals surface area contributed by atoms with Crippen LogP contribution in [0.4, 0.5) is 0 Å². The number of nitrogens with two attached hydrogens (primary N) is 1. The second kappa shape index (κ2) is 6.70. The third-order valence-corrected chi connectivity index (χ3v) is 3.90. The van der Waals surface area contributed by atoms with Crippen molar-refractivity contribution in [3.8, 4) is 0 Å². The lowest BCUT2D eigenvalue weighted by Crippen LogP contribution is -2.41. The standard InChI is InChI=1S/C15H25N3O2/c1-6-11-8-9-18(15(11)20)13(10(3)14(16)19)12(7-2)17(4)5/h6,11-12H,1,7-9H2,2-5H3,(H2,16,19)/b13-10+. The number of carbonyl (C=O) groups is 2. The van der Waals surface area contributed by atoms with Crippen LogP contribution in [0, 0.1) is 5.92 Å². The molecular weight excluding hydrogens is 254 g/mol. The van der Waals surface area contributed by atoms with Crippen molar-refractivity contribution in [3.63, 3.8) is 0 Å². The topological polar surface area (TPSA) is 66.6 Å². The maximum Gasteiger partial charge on any atom is 0.246 e. The van der Waals surface area contributed by atoms with Gasteiger partial charge in [0.25, 0.3) is 0 Å². The number of amides is 2. The van der Waals surface area contributed by atoms with E-state index < -0.39 is 5.91 Å². The molecular formula is C15H25N3O2. The van der Waals surface area contributed by atoms with E-state index in [1.54, 1.807) is 17.9 Å². The molecule has 2 unspecified atom stereocenters. The Labute approximate surface area is 121 Å². The van der Waals surface area contributed by atoms with Crippen molar-refractivity contribution in [1.82, 2.24) is 9.80 Å². The lowest BCUT2D eigenvalue weighted by molar-refractivity contribution is -0.128. The highest BCUT2D eigenvalue weighted by Crippen LogP contribution is 2.28. The molecule has 1 aliphatic rings. The van der Waals surface area contributed by atoms with E-state index in [-0.39, 0.29) is 17.9 Å². The van der Waals surface area contributed by atoms with Crippen molar-refractivity contribution in [3.05, 3.63) is 23.9 Å². The number of likely N-dealkylation sites (tertiary alicyclic amines) is 1. The normalized spacial score (nSPS) is 21.9. The van der Waals surface area contributed by atoms with Gasteiger partial charge >= 0.3 is 0 Å². The van der Waals surface area contributed by atoms with E-state index in [9.17, 15) is 9.59 Å². The molecule has 0 saturated carbocycles. The first-order chi connectivity index (χ1) is 9.34. The molecule has 0 aromatic carbocycles. The van der Waals surface area contributed by atoms with E-state index in [1.165, 1.54) is 0 Å². The molecule has 5 heteroatoms. The van der Waals surface area contributed by atoms with Crippen LogP contribution in [0.5, 0.6) is 0 Å². The Kier molecular flexibility index (Phi) is 5.51. The van der Waals surface area contributed by atoms with E-state index >= 15 is 0 Å². The quantitative estimate of drug-likeness (QED) is 0.585. The van der Waals surface area contributed by atoms with Gasteiger partial charge < -0.3 is 15.5 Å². The van der Waals surface area contributed by atoms with E-state index in [1.807, 2.05) is 25.9 Å². The van der Waals surface area contributed by atoms with Gasteiger partial charge in [0.1, 0.15) is 0 Å². The highest BCUT2D eigenvalue weighted by atomic mass is 16.2. The zero-order chi connectivity index (χ0) is 15.4. The number of hydrogen-bond donors (Lipinski definition) is 1. The number of likely N-dealkylation sites (N-methyl/N-ethyl adjacent to an activating group) is 1. The van der Waals surface area contributed by atoms with E-state index in [0.717, 1.165) is 18.5 Å². The van der Waals surface area contributed by atoms with Crippen molar-refractivity contribution >= 4 is 11.8 Å². The molecule has 1 fully saturated rings. The summed E-state index contributed by atoms with van der Waals surface area (Å²) in [5, 5.41) is 0. The van der Waals surface area contributed by atoms with Crippen LogP contribution < -0.4 is 5.73 Å². The molecule has 112 valence electrons. The summed E-state index contributed by atoms with van der Waals surface area (Å²) in [6.07, 6.45) is 3.22.